The highest BCUT2D eigenvalue weighted by Gasteiger charge is 2.15. The number of nitrogens with zero attached hydrogens (tertiary/aromatic N) is 1. The van der Waals surface area contributed by atoms with Crippen LogP contribution in [0, 0.1) is 12.7 Å². The van der Waals surface area contributed by atoms with Crippen LogP contribution in [0.1, 0.15) is 15.9 Å². The van der Waals surface area contributed by atoms with Crippen LogP contribution in [0.3, 0.4) is 0 Å². The van der Waals surface area contributed by atoms with Gasteiger partial charge in [0.05, 0.1) is 0 Å². The minimum absolute atomic E-state index is 0.139. The highest BCUT2D eigenvalue weighted by atomic mass is 32.1. The zero-order chi connectivity index (χ0) is 14.0. The molecule has 1 amide bonds. The summed E-state index contributed by atoms with van der Waals surface area (Å²) in [6.07, 6.45) is 0. The van der Waals surface area contributed by atoms with E-state index >= 15 is 0 Å². The quantitative estimate of drug-likeness (QED) is 0.829. The molecule has 0 N–H and O–H groups in total. The third-order valence-corrected chi connectivity index (χ3v) is 3.25. The van der Waals surface area contributed by atoms with Gasteiger partial charge < -0.3 is 4.90 Å². The fourth-order valence-electron chi connectivity index (χ4n) is 1.80. The van der Waals surface area contributed by atoms with Crippen LogP contribution in [-0.2, 0) is 0 Å². The number of hydrogen-bond acceptors (Lipinski definition) is 2. The monoisotopic (exact) mass is 275 g/mol. The van der Waals surface area contributed by atoms with Crippen molar-refractivity contribution in [3.63, 3.8) is 0 Å². The second kappa shape index (κ2) is 5.45. The molecule has 2 rings (SSSR count). The van der Waals surface area contributed by atoms with Crippen molar-refractivity contribution in [1.29, 1.82) is 0 Å². The second-order valence-electron chi connectivity index (χ2n) is 4.34. The zero-order valence-corrected chi connectivity index (χ0v) is 11.6. The first-order valence-electron chi connectivity index (χ1n) is 5.82. The van der Waals surface area contributed by atoms with Gasteiger partial charge in [0.2, 0.25) is 0 Å². The van der Waals surface area contributed by atoms with E-state index in [4.69, 9.17) is 0 Å². The maximum Gasteiger partial charge on any atom is 0.258 e. The predicted octanol–water partition coefficient (Wildman–Crippen LogP) is 3.70. The molecule has 2 aromatic rings. The molecule has 4 heteroatoms. The van der Waals surface area contributed by atoms with Crippen molar-refractivity contribution in [2.45, 2.75) is 11.8 Å². The average molecular weight is 275 g/mol. The largest absolute Gasteiger partial charge is 0.311 e. The third-order valence-electron chi connectivity index (χ3n) is 2.97. The minimum atomic E-state index is -0.321. The Hall–Kier alpha value is -1.81. The number of benzene rings is 2. The van der Waals surface area contributed by atoms with Crippen LogP contribution >= 0.6 is 12.6 Å². The van der Waals surface area contributed by atoms with Gasteiger partial charge in [0.15, 0.2) is 0 Å². The van der Waals surface area contributed by atoms with Gasteiger partial charge in [-0.05, 0) is 48.9 Å². The van der Waals surface area contributed by atoms with Crippen LogP contribution in [0.15, 0.2) is 47.4 Å². The van der Waals surface area contributed by atoms with Gasteiger partial charge in [0.1, 0.15) is 5.82 Å². The summed E-state index contributed by atoms with van der Waals surface area (Å²) in [5, 5.41) is 0. The van der Waals surface area contributed by atoms with Crippen molar-refractivity contribution in [3.8, 4) is 0 Å². The fourth-order valence-corrected chi connectivity index (χ4v) is 2.01. The van der Waals surface area contributed by atoms with Crippen LogP contribution in [0.5, 0.6) is 0 Å². The van der Waals surface area contributed by atoms with Crippen molar-refractivity contribution >= 4 is 24.2 Å². The van der Waals surface area contributed by atoms with Gasteiger partial charge in [-0.25, -0.2) is 4.39 Å². The Morgan fingerprint density at radius 2 is 1.79 bits per heavy atom. The number of hydrogen-bond donors (Lipinski definition) is 1. The molecule has 0 unspecified atom stereocenters. The van der Waals surface area contributed by atoms with Gasteiger partial charge in [-0.1, -0.05) is 6.07 Å². The van der Waals surface area contributed by atoms with Gasteiger partial charge in [-0.2, -0.15) is 0 Å². The maximum atomic E-state index is 12.9. The van der Waals surface area contributed by atoms with E-state index in [9.17, 15) is 9.18 Å². The highest BCUT2D eigenvalue weighted by Crippen LogP contribution is 2.20. The molecular weight excluding hydrogens is 261 g/mol. The standard InChI is InChI=1S/C15H14FNOS/c1-10-3-8-13(19)9-14(10)15(18)17(2)12-6-4-11(16)5-7-12/h3-9,19H,1-2H3. The van der Waals surface area contributed by atoms with Crippen LogP contribution in [0.2, 0.25) is 0 Å². The lowest BCUT2D eigenvalue weighted by molar-refractivity contribution is 0.0992. The molecule has 0 aliphatic carbocycles. The van der Waals surface area contributed by atoms with Gasteiger partial charge in [-0.15, -0.1) is 12.6 Å². The number of amides is 1. The Labute approximate surface area is 117 Å². The number of aryl methyl sites for hydroxylation is 1. The van der Waals surface area contributed by atoms with E-state index < -0.39 is 0 Å². The molecule has 0 aliphatic rings. The second-order valence-corrected chi connectivity index (χ2v) is 4.86. The summed E-state index contributed by atoms with van der Waals surface area (Å²) < 4.78 is 12.9. The van der Waals surface area contributed by atoms with E-state index in [0.717, 1.165) is 10.5 Å². The van der Waals surface area contributed by atoms with Gasteiger partial charge in [-0.3, -0.25) is 4.79 Å². The van der Waals surface area contributed by atoms with Crippen molar-refractivity contribution in [2.75, 3.05) is 11.9 Å². The predicted molar refractivity (Wildman–Crippen MR) is 77.6 cm³/mol. The number of rotatable bonds is 2. The Bertz CT molecular complexity index is 610. The molecule has 0 atom stereocenters. The van der Waals surface area contributed by atoms with E-state index in [1.165, 1.54) is 17.0 Å². The minimum Gasteiger partial charge on any atom is -0.311 e. The summed E-state index contributed by atoms with van der Waals surface area (Å²) in [4.78, 5) is 14.6. The maximum absolute atomic E-state index is 12.9. The molecule has 0 fully saturated rings. The first kappa shape index (κ1) is 13.6. The van der Waals surface area contributed by atoms with Crippen LogP contribution in [0.4, 0.5) is 10.1 Å². The summed E-state index contributed by atoms with van der Waals surface area (Å²) in [6, 6.07) is 11.3. The van der Waals surface area contributed by atoms with Gasteiger partial charge in [0.25, 0.3) is 5.91 Å². The average Bonchev–Trinajstić information content (AvgIpc) is 2.41. The first-order chi connectivity index (χ1) is 8.99. The zero-order valence-electron chi connectivity index (χ0n) is 10.7. The Morgan fingerprint density at radius 1 is 1.16 bits per heavy atom. The Balaban J connectivity index is 2.33. The molecule has 19 heavy (non-hydrogen) atoms. The van der Waals surface area contributed by atoms with E-state index in [0.29, 0.717) is 11.3 Å². The number of anilines is 1. The molecule has 0 heterocycles. The molecule has 0 aromatic heterocycles. The molecule has 2 aromatic carbocycles. The van der Waals surface area contributed by atoms with E-state index in [1.807, 2.05) is 19.1 Å². The first-order valence-corrected chi connectivity index (χ1v) is 6.27. The Kier molecular flexibility index (Phi) is 3.90. The highest BCUT2D eigenvalue weighted by molar-refractivity contribution is 7.80. The molecule has 0 saturated heterocycles. The number of carbonyl (C=O) groups excluding carboxylic acids is 1. The Morgan fingerprint density at radius 3 is 2.42 bits per heavy atom. The molecule has 0 bridgehead atoms. The van der Waals surface area contributed by atoms with Gasteiger partial charge >= 0.3 is 0 Å². The van der Waals surface area contributed by atoms with Crippen molar-refractivity contribution in [1.82, 2.24) is 0 Å². The molecule has 2 nitrogen and oxygen atoms in total. The summed E-state index contributed by atoms with van der Waals surface area (Å²) in [5.41, 5.74) is 2.13. The van der Waals surface area contributed by atoms with Crippen molar-refractivity contribution < 1.29 is 9.18 Å². The van der Waals surface area contributed by atoms with E-state index in [1.54, 1.807) is 25.2 Å². The summed E-state index contributed by atoms with van der Waals surface area (Å²) in [5.74, 6) is -0.460. The molecule has 0 saturated carbocycles. The lowest BCUT2D eigenvalue weighted by Gasteiger charge is -2.18. The molecule has 0 spiro atoms. The number of carbonyl (C=O) groups is 1. The van der Waals surface area contributed by atoms with Crippen molar-refractivity contribution in [3.05, 3.63) is 59.4 Å². The van der Waals surface area contributed by atoms with Crippen molar-refractivity contribution in [2.24, 2.45) is 0 Å². The molecular formula is C15H14FNOS. The normalized spacial score (nSPS) is 10.3. The lowest BCUT2D eigenvalue weighted by Crippen LogP contribution is -2.26. The van der Waals surface area contributed by atoms with Crippen LogP contribution in [0.25, 0.3) is 0 Å². The number of halogens is 1. The lowest BCUT2D eigenvalue weighted by atomic mass is 10.1. The summed E-state index contributed by atoms with van der Waals surface area (Å²) in [6.45, 7) is 1.87. The fraction of sp³-hybridized carbons (Fsp3) is 0.133. The van der Waals surface area contributed by atoms with E-state index in [-0.39, 0.29) is 11.7 Å². The van der Waals surface area contributed by atoms with Crippen LogP contribution in [-0.4, -0.2) is 13.0 Å². The SMILES string of the molecule is Cc1ccc(S)cc1C(=O)N(C)c1ccc(F)cc1. The van der Waals surface area contributed by atoms with E-state index in [2.05, 4.69) is 12.6 Å². The topological polar surface area (TPSA) is 20.3 Å². The molecule has 98 valence electrons. The molecule has 0 radical (unpaired) electrons. The summed E-state index contributed by atoms with van der Waals surface area (Å²) in [7, 11) is 1.67. The summed E-state index contributed by atoms with van der Waals surface area (Å²) >= 11 is 4.24. The molecule has 0 aliphatic heterocycles. The van der Waals surface area contributed by atoms with Crippen LogP contribution < -0.4 is 4.90 Å². The smallest absolute Gasteiger partial charge is 0.258 e. The third kappa shape index (κ3) is 2.96. The number of thiol groups is 1. The van der Waals surface area contributed by atoms with Gasteiger partial charge in [0, 0.05) is 23.2 Å².